The van der Waals surface area contributed by atoms with E-state index in [1.54, 1.807) is 12.3 Å². The van der Waals surface area contributed by atoms with Crippen LogP contribution in [0.5, 0.6) is 5.75 Å². The standard InChI is InChI=1S/C25H23FN2O2/c1-3-19(7-6-18-5-4-14-28-16-18)17(2)30-22-11-8-20(9-12-22)21-10-13-24(26)23(15-21)25(27)29/h1,4-5,8-17,19H,6-7H2,2H3,(H2,27,29)/t17-,19+/m0/s1. The molecule has 2 atom stereocenters. The topological polar surface area (TPSA) is 65.2 Å². The zero-order valence-corrected chi connectivity index (χ0v) is 16.7. The molecule has 2 N–H and O–H groups in total. The summed E-state index contributed by atoms with van der Waals surface area (Å²) in [5, 5.41) is 0. The summed E-state index contributed by atoms with van der Waals surface area (Å²) < 4.78 is 19.7. The van der Waals surface area contributed by atoms with Crippen molar-refractivity contribution in [3.63, 3.8) is 0 Å². The number of nitrogens with zero attached hydrogens (tertiary/aromatic N) is 1. The number of hydrogen-bond donors (Lipinski definition) is 1. The number of halogens is 1. The lowest BCUT2D eigenvalue weighted by Crippen LogP contribution is -2.23. The molecule has 4 nitrogen and oxygen atoms in total. The summed E-state index contributed by atoms with van der Waals surface area (Å²) in [6, 6.07) is 15.6. The van der Waals surface area contributed by atoms with E-state index in [1.165, 1.54) is 12.1 Å². The van der Waals surface area contributed by atoms with Crippen LogP contribution in [-0.4, -0.2) is 17.0 Å². The predicted molar refractivity (Wildman–Crippen MR) is 115 cm³/mol. The molecule has 1 heterocycles. The Morgan fingerprint density at radius 1 is 1.20 bits per heavy atom. The molecule has 0 radical (unpaired) electrons. The van der Waals surface area contributed by atoms with Crippen LogP contribution >= 0.6 is 0 Å². The Morgan fingerprint density at radius 2 is 1.93 bits per heavy atom. The van der Waals surface area contributed by atoms with Crippen LogP contribution in [0.15, 0.2) is 67.0 Å². The van der Waals surface area contributed by atoms with Gasteiger partial charge in [-0.2, -0.15) is 0 Å². The van der Waals surface area contributed by atoms with Gasteiger partial charge >= 0.3 is 0 Å². The van der Waals surface area contributed by atoms with E-state index in [9.17, 15) is 9.18 Å². The third-order valence-electron chi connectivity index (χ3n) is 4.99. The lowest BCUT2D eigenvalue weighted by Gasteiger charge is -2.21. The van der Waals surface area contributed by atoms with Crippen molar-refractivity contribution in [1.82, 2.24) is 4.98 Å². The number of pyridine rings is 1. The third kappa shape index (κ3) is 5.24. The van der Waals surface area contributed by atoms with Crippen LogP contribution in [0.4, 0.5) is 4.39 Å². The second-order valence-corrected chi connectivity index (χ2v) is 7.08. The number of aromatic nitrogens is 1. The van der Waals surface area contributed by atoms with E-state index in [1.807, 2.05) is 49.5 Å². The van der Waals surface area contributed by atoms with Crippen molar-refractivity contribution < 1.29 is 13.9 Å². The first-order chi connectivity index (χ1) is 14.5. The summed E-state index contributed by atoms with van der Waals surface area (Å²) >= 11 is 0. The number of ether oxygens (including phenoxy) is 1. The molecule has 152 valence electrons. The molecule has 1 aromatic heterocycles. The molecule has 0 aliphatic rings. The molecule has 30 heavy (non-hydrogen) atoms. The summed E-state index contributed by atoms with van der Waals surface area (Å²) in [5.74, 6) is 2.04. The highest BCUT2D eigenvalue weighted by Crippen LogP contribution is 2.26. The number of terminal acetylenes is 1. The molecule has 2 aromatic carbocycles. The maximum absolute atomic E-state index is 13.7. The minimum atomic E-state index is -0.797. The van der Waals surface area contributed by atoms with Crippen molar-refractivity contribution >= 4 is 5.91 Å². The molecule has 0 unspecified atom stereocenters. The molecule has 1 amide bonds. The van der Waals surface area contributed by atoms with E-state index in [0.29, 0.717) is 11.3 Å². The first-order valence-electron chi connectivity index (χ1n) is 9.69. The summed E-state index contributed by atoms with van der Waals surface area (Å²) in [5.41, 5.74) is 7.75. The van der Waals surface area contributed by atoms with Crippen molar-refractivity contribution in [2.45, 2.75) is 25.9 Å². The van der Waals surface area contributed by atoms with E-state index in [2.05, 4.69) is 10.9 Å². The smallest absolute Gasteiger partial charge is 0.251 e. The molecule has 0 saturated heterocycles. The van der Waals surface area contributed by atoms with Crippen LogP contribution in [0, 0.1) is 24.1 Å². The maximum atomic E-state index is 13.7. The molecule has 0 spiro atoms. The van der Waals surface area contributed by atoms with Crippen LogP contribution in [0.3, 0.4) is 0 Å². The van der Waals surface area contributed by atoms with Gasteiger partial charge in [0.05, 0.1) is 11.5 Å². The van der Waals surface area contributed by atoms with E-state index >= 15 is 0 Å². The van der Waals surface area contributed by atoms with E-state index in [-0.39, 0.29) is 17.6 Å². The fraction of sp³-hybridized carbons (Fsp3) is 0.200. The highest BCUT2D eigenvalue weighted by molar-refractivity contribution is 5.94. The van der Waals surface area contributed by atoms with E-state index in [0.717, 1.165) is 24.0 Å². The molecule has 0 fully saturated rings. The normalized spacial score (nSPS) is 12.6. The van der Waals surface area contributed by atoms with Crippen LogP contribution < -0.4 is 10.5 Å². The summed E-state index contributed by atoms with van der Waals surface area (Å²) in [7, 11) is 0. The molecular weight excluding hydrogens is 379 g/mol. The maximum Gasteiger partial charge on any atom is 0.251 e. The van der Waals surface area contributed by atoms with Gasteiger partial charge in [-0.3, -0.25) is 9.78 Å². The number of primary amides is 1. The van der Waals surface area contributed by atoms with Crippen LogP contribution in [0.1, 0.15) is 29.3 Å². The fourth-order valence-corrected chi connectivity index (χ4v) is 3.24. The lowest BCUT2D eigenvalue weighted by molar-refractivity contribution is 0.0996. The second-order valence-electron chi connectivity index (χ2n) is 7.08. The summed E-state index contributed by atoms with van der Waals surface area (Å²) in [6.45, 7) is 1.96. The van der Waals surface area contributed by atoms with Gasteiger partial charge in [-0.15, -0.1) is 6.42 Å². The van der Waals surface area contributed by atoms with Gasteiger partial charge in [-0.1, -0.05) is 30.2 Å². The predicted octanol–water partition coefficient (Wildman–Crippen LogP) is 4.64. The number of benzene rings is 2. The Labute approximate surface area is 175 Å². The third-order valence-corrected chi connectivity index (χ3v) is 4.99. The molecule has 0 aliphatic heterocycles. The Bertz CT molecular complexity index is 1040. The largest absolute Gasteiger partial charge is 0.489 e. The monoisotopic (exact) mass is 402 g/mol. The molecular formula is C25H23FN2O2. The van der Waals surface area contributed by atoms with Gasteiger partial charge in [0.2, 0.25) is 0 Å². The molecule has 0 saturated carbocycles. The van der Waals surface area contributed by atoms with Crippen LogP contribution in [0.2, 0.25) is 0 Å². The zero-order valence-electron chi connectivity index (χ0n) is 16.7. The number of hydrogen-bond acceptors (Lipinski definition) is 3. The quantitative estimate of drug-likeness (QED) is 0.559. The van der Waals surface area contributed by atoms with Gasteiger partial charge < -0.3 is 10.5 Å². The first kappa shape index (κ1) is 21.1. The molecule has 0 bridgehead atoms. The van der Waals surface area contributed by atoms with Crippen molar-refractivity contribution in [1.29, 1.82) is 0 Å². The average Bonchev–Trinajstić information content (AvgIpc) is 2.75. The number of carbonyl (C=O) groups excluding carboxylic acids is 1. The van der Waals surface area contributed by atoms with Gasteiger partial charge in [-0.05, 0) is 66.8 Å². The molecule has 3 aromatic rings. The van der Waals surface area contributed by atoms with Gasteiger partial charge in [0.25, 0.3) is 5.91 Å². The Balaban J connectivity index is 1.65. The Hall–Kier alpha value is -3.65. The number of aryl methyl sites for hydroxylation is 1. The molecule has 5 heteroatoms. The molecule has 3 rings (SSSR count). The Morgan fingerprint density at radius 3 is 2.57 bits per heavy atom. The fourth-order valence-electron chi connectivity index (χ4n) is 3.24. The minimum absolute atomic E-state index is 0.0416. The van der Waals surface area contributed by atoms with Gasteiger partial charge in [-0.25, -0.2) is 4.39 Å². The van der Waals surface area contributed by atoms with Crippen molar-refractivity contribution in [2.75, 3.05) is 0 Å². The lowest BCUT2D eigenvalue weighted by atomic mass is 9.96. The highest BCUT2D eigenvalue weighted by atomic mass is 19.1. The average molecular weight is 402 g/mol. The first-order valence-corrected chi connectivity index (χ1v) is 9.69. The zero-order chi connectivity index (χ0) is 21.5. The van der Waals surface area contributed by atoms with E-state index < -0.39 is 11.7 Å². The summed E-state index contributed by atoms with van der Waals surface area (Å²) in [6.07, 6.45) is 10.8. The number of nitrogens with two attached hydrogens (primary N) is 1. The SMILES string of the molecule is C#C[C@H](CCc1cccnc1)[C@H](C)Oc1ccc(-c2ccc(F)c(C(N)=O)c2)cc1. The minimum Gasteiger partial charge on any atom is -0.489 e. The van der Waals surface area contributed by atoms with Gasteiger partial charge in [0, 0.05) is 12.4 Å². The van der Waals surface area contributed by atoms with Crippen molar-refractivity contribution in [3.8, 4) is 29.2 Å². The highest BCUT2D eigenvalue weighted by Gasteiger charge is 2.17. The molecule has 0 aliphatic carbocycles. The van der Waals surface area contributed by atoms with Gasteiger partial charge in [0.15, 0.2) is 0 Å². The number of amides is 1. The second kappa shape index (κ2) is 9.71. The van der Waals surface area contributed by atoms with Crippen LogP contribution in [0.25, 0.3) is 11.1 Å². The van der Waals surface area contributed by atoms with Gasteiger partial charge in [0.1, 0.15) is 17.7 Å². The Kier molecular flexibility index (Phi) is 6.82. The van der Waals surface area contributed by atoms with Crippen molar-refractivity contribution in [3.05, 3.63) is 83.9 Å². The van der Waals surface area contributed by atoms with Crippen molar-refractivity contribution in [2.24, 2.45) is 11.7 Å². The van der Waals surface area contributed by atoms with E-state index in [4.69, 9.17) is 16.9 Å². The van der Waals surface area contributed by atoms with Crippen LogP contribution in [-0.2, 0) is 6.42 Å². The summed E-state index contributed by atoms with van der Waals surface area (Å²) in [4.78, 5) is 15.5. The number of rotatable bonds is 8. The number of carbonyl (C=O) groups is 1.